The molecular weight excluding hydrogens is 344 g/mol. The molecule has 2 aliphatic carbocycles. The van der Waals surface area contributed by atoms with Crippen molar-refractivity contribution in [3.05, 3.63) is 65.4 Å². The minimum atomic E-state index is 0.101. The first kappa shape index (κ1) is 17.8. The Kier molecular flexibility index (Phi) is 4.24. The summed E-state index contributed by atoms with van der Waals surface area (Å²) in [4.78, 5) is 3.39. The molecule has 3 heteroatoms. The zero-order chi connectivity index (χ0) is 19.3. The number of phenols is 1. The summed E-state index contributed by atoms with van der Waals surface area (Å²) in [6.07, 6.45) is 6.77. The molecule has 2 aromatic carbocycles. The number of hydrogen-bond acceptors (Lipinski definition) is 2. The van der Waals surface area contributed by atoms with Gasteiger partial charge in [-0.2, -0.15) is 0 Å². The second kappa shape index (κ2) is 6.66. The van der Waals surface area contributed by atoms with Crippen molar-refractivity contribution >= 4 is 10.9 Å². The van der Waals surface area contributed by atoms with Crippen molar-refractivity contribution in [1.82, 2.24) is 10.3 Å². The number of rotatable bonds is 4. The van der Waals surface area contributed by atoms with Gasteiger partial charge in [0.05, 0.1) is 0 Å². The number of aromatic hydroxyl groups is 1. The number of hydrogen-bond donors (Lipinski definition) is 3. The second-order valence-electron chi connectivity index (χ2n) is 9.18. The van der Waals surface area contributed by atoms with Crippen LogP contribution >= 0.6 is 0 Å². The molecule has 1 saturated carbocycles. The highest BCUT2D eigenvalue weighted by atomic mass is 16.3. The van der Waals surface area contributed by atoms with Crippen LogP contribution in [0, 0.1) is 11.8 Å². The average Bonchev–Trinajstić information content (AvgIpc) is 3.10. The van der Waals surface area contributed by atoms with Crippen molar-refractivity contribution in [1.29, 1.82) is 0 Å². The largest absolute Gasteiger partial charge is 0.508 e. The molecule has 5 rings (SSSR count). The Morgan fingerprint density at radius 3 is 2.96 bits per heavy atom. The lowest BCUT2D eigenvalue weighted by molar-refractivity contribution is 0.0933. The Morgan fingerprint density at radius 2 is 2.07 bits per heavy atom. The maximum atomic E-state index is 10.1. The van der Waals surface area contributed by atoms with Crippen molar-refractivity contribution in [2.45, 2.75) is 51.0 Å². The van der Waals surface area contributed by atoms with Gasteiger partial charge in [0.25, 0.3) is 0 Å². The Labute approximate surface area is 167 Å². The molecule has 28 heavy (non-hydrogen) atoms. The lowest BCUT2D eigenvalue weighted by Crippen LogP contribution is -2.59. The van der Waals surface area contributed by atoms with Gasteiger partial charge in [-0.25, -0.2) is 0 Å². The molecule has 0 saturated heterocycles. The van der Waals surface area contributed by atoms with Crippen LogP contribution in [0.3, 0.4) is 0 Å². The fourth-order valence-electron chi connectivity index (χ4n) is 5.92. The third-order valence-electron chi connectivity index (χ3n) is 7.56. The molecule has 1 fully saturated rings. The molecule has 0 spiro atoms. The monoisotopic (exact) mass is 374 g/mol. The molecule has 2 bridgehead atoms. The summed E-state index contributed by atoms with van der Waals surface area (Å²) >= 11 is 0. The molecule has 1 aromatic heterocycles. The molecule has 3 N–H and O–H groups in total. The van der Waals surface area contributed by atoms with Crippen LogP contribution in [0.1, 0.15) is 43.4 Å². The van der Waals surface area contributed by atoms with E-state index >= 15 is 0 Å². The van der Waals surface area contributed by atoms with Crippen LogP contribution in [0.5, 0.6) is 5.75 Å². The van der Waals surface area contributed by atoms with Gasteiger partial charge >= 0.3 is 0 Å². The van der Waals surface area contributed by atoms with Gasteiger partial charge in [0, 0.05) is 28.6 Å². The van der Waals surface area contributed by atoms with Gasteiger partial charge in [-0.15, -0.1) is 0 Å². The van der Waals surface area contributed by atoms with Gasteiger partial charge in [-0.1, -0.05) is 38.1 Å². The van der Waals surface area contributed by atoms with E-state index in [1.54, 1.807) is 0 Å². The first-order valence-corrected chi connectivity index (χ1v) is 10.7. The third kappa shape index (κ3) is 2.76. The molecule has 146 valence electrons. The van der Waals surface area contributed by atoms with Crippen molar-refractivity contribution < 1.29 is 5.11 Å². The Morgan fingerprint density at radius 1 is 1.21 bits per heavy atom. The highest BCUT2D eigenvalue weighted by molar-refractivity contribution is 5.83. The molecule has 0 aliphatic heterocycles. The molecule has 2 aliphatic rings. The number of benzene rings is 2. The fourth-order valence-corrected chi connectivity index (χ4v) is 5.92. The maximum absolute atomic E-state index is 10.1. The van der Waals surface area contributed by atoms with Gasteiger partial charge in [-0.3, -0.25) is 0 Å². The van der Waals surface area contributed by atoms with Crippen LogP contribution in [-0.4, -0.2) is 22.7 Å². The second-order valence-corrected chi connectivity index (χ2v) is 9.18. The van der Waals surface area contributed by atoms with Crippen molar-refractivity contribution in [2.24, 2.45) is 11.8 Å². The van der Waals surface area contributed by atoms with Crippen molar-refractivity contribution in [3.63, 3.8) is 0 Å². The smallest absolute Gasteiger partial charge is 0.115 e. The van der Waals surface area contributed by atoms with E-state index in [1.807, 2.05) is 12.1 Å². The SMILES string of the molecule is CC1CCC2(C)c3cc(O)ccc3CC1C2NCCc1c[nH]c2ccccc12. The summed E-state index contributed by atoms with van der Waals surface area (Å²) in [7, 11) is 0. The van der Waals surface area contributed by atoms with E-state index in [9.17, 15) is 5.11 Å². The number of para-hydroxylation sites is 1. The van der Waals surface area contributed by atoms with E-state index in [1.165, 1.54) is 40.4 Å². The van der Waals surface area contributed by atoms with Crippen LogP contribution < -0.4 is 5.32 Å². The molecule has 0 radical (unpaired) electrons. The van der Waals surface area contributed by atoms with Crippen LogP contribution in [0.15, 0.2) is 48.7 Å². The molecule has 1 heterocycles. The van der Waals surface area contributed by atoms with Gasteiger partial charge in [0.1, 0.15) is 5.75 Å². The number of nitrogens with one attached hydrogen (secondary N) is 2. The lowest BCUT2D eigenvalue weighted by atomic mass is 9.54. The molecular formula is C25H30N2O. The molecule has 3 nitrogen and oxygen atoms in total. The summed E-state index contributed by atoms with van der Waals surface area (Å²) in [5, 5.41) is 15.4. The zero-order valence-electron chi connectivity index (χ0n) is 16.8. The van der Waals surface area contributed by atoms with Crippen molar-refractivity contribution in [2.75, 3.05) is 6.54 Å². The quantitative estimate of drug-likeness (QED) is 0.606. The topological polar surface area (TPSA) is 48.0 Å². The molecule has 0 amide bonds. The van der Waals surface area contributed by atoms with E-state index in [0.717, 1.165) is 25.3 Å². The van der Waals surface area contributed by atoms with Crippen LogP contribution in [0.25, 0.3) is 10.9 Å². The minimum Gasteiger partial charge on any atom is -0.508 e. The van der Waals surface area contributed by atoms with E-state index in [0.29, 0.717) is 17.7 Å². The van der Waals surface area contributed by atoms with Gasteiger partial charge in [0.2, 0.25) is 0 Å². The van der Waals surface area contributed by atoms with Crippen molar-refractivity contribution in [3.8, 4) is 5.75 Å². The van der Waals surface area contributed by atoms with Gasteiger partial charge in [0.15, 0.2) is 0 Å². The summed E-state index contributed by atoms with van der Waals surface area (Å²) in [6, 6.07) is 15.0. The summed E-state index contributed by atoms with van der Waals surface area (Å²) < 4.78 is 0. The average molecular weight is 375 g/mol. The Balaban J connectivity index is 1.39. The summed E-state index contributed by atoms with van der Waals surface area (Å²) in [5.74, 6) is 1.80. The van der Waals surface area contributed by atoms with Crippen LogP contribution in [0.4, 0.5) is 0 Å². The first-order valence-electron chi connectivity index (χ1n) is 10.7. The predicted octanol–water partition coefficient (Wildman–Crippen LogP) is 4.93. The molecule has 3 aromatic rings. The molecule has 4 unspecified atom stereocenters. The maximum Gasteiger partial charge on any atom is 0.115 e. The number of aromatic amines is 1. The summed E-state index contributed by atoms with van der Waals surface area (Å²) in [6.45, 7) is 5.82. The number of aromatic nitrogens is 1. The van der Waals surface area contributed by atoms with Gasteiger partial charge < -0.3 is 15.4 Å². The highest BCUT2D eigenvalue weighted by Gasteiger charge is 2.49. The van der Waals surface area contributed by atoms with E-state index in [-0.39, 0.29) is 5.41 Å². The van der Waals surface area contributed by atoms with E-state index in [4.69, 9.17) is 0 Å². The minimum absolute atomic E-state index is 0.101. The number of fused-ring (bicyclic) bond motifs is 5. The van der Waals surface area contributed by atoms with E-state index in [2.05, 4.69) is 60.7 Å². The molecule has 4 atom stereocenters. The normalized spacial score (nSPS) is 29.0. The fraction of sp³-hybridized carbons (Fsp3) is 0.440. The van der Waals surface area contributed by atoms with Crippen LogP contribution in [0.2, 0.25) is 0 Å². The third-order valence-corrected chi connectivity index (χ3v) is 7.56. The van der Waals surface area contributed by atoms with E-state index < -0.39 is 0 Å². The summed E-state index contributed by atoms with van der Waals surface area (Å²) in [5.41, 5.74) is 5.51. The van der Waals surface area contributed by atoms with Gasteiger partial charge in [-0.05, 0) is 79.0 Å². The lowest BCUT2D eigenvalue weighted by Gasteiger charge is -2.54. The Bertz CT molecular complexity index is 1010. The predicted molar refractivity (Wildman–Crippen MR) is 115 cm³/mol. The standard InChI is InChI=1S/C25H30N2O/c1-16-9-11-25(2)22-14-19(28)8-7-17(22)13-21(16)24(25)26-12-10-18-15-27-23-6-4-3-5-20(18)23/h3-8,14-16,21,24,26-28H,9-13H2,1-2H3. The number of H-pyrrole nitrogens is 1. The zero-order valence-corrected chi connectivity index (χ0v) is 16.8. The highest BCUT2D eigenvalue weighted by Crippen LogP contribution is 2.51. The van der Waals surface area contributed by atoms with Crippen LogP contribution in [-0.2, 0) is 18.3 Å². The number of phenolic OH excluding ortho intramolecular Hbond substituents is 1. The first-order chi connectivity index (χ1) is 13.6. The Hall–Kier alpha value is -2.26.